The maximum atomic E-state index is 9.68. The first kappa shape index (κ1) is 9.36. The Kier molecular flexibility index (Phi) is 3.69. The van der Waals surface area contributed by atoms with Gasteiger partial charge in [-0.05, 0) is 30.3 Å². The molecule has 3 unspecified atom stereocenters. The lowest BCUT2D eigenvalue weighted by atomic mass is 9.95. The molecule has 1 aliphatic heterocycles. The van der Waals surface area contributed by atoms with Gasteiger partial charge in [0, 0.05) is 6.04 Å². The fourth-order valence-corrected chi connectivity index (χ4v) is 2.72. The molecule has 1 aliphatic rings. The van der Waals surface area contributed by atoms with Crippen molar-refractivity contribution in [3.05, 3.63) is 0 Å². The number of rotatable bonds is 3. The van der Waals surface area contributed by atoms with Crippen LogP contribution in [-0.4, -0.2) is 28.8 Å². The zero-order valence-corrected chi connectivity index (χ0v) is 7.81. The number of aliphatic hydroxyl groups is 1. The molecule has 1 heterocycles. The van der Waals surface area contributed by atoms with Gasteiger partial charge in [0.05, 0.1) is 6.10 Å². The van der Waals surface area contributed by atoms with E-state index in [2.05, 4.69) is 0 Å². The van der Waals surface area contributed by atoms with E-state index in [0.717, 1.165) is 18.6 Å². The van der Waals surface area contributed by atoms with Crippen LogP contribution in [-0.2, 0) is 0 Å². The molecule has 1 fully saturated rings. The van der Waals surface area contributed by atoms with Gasteiger partial charge >= 0.3 is 0 Å². The van der Waals surface area contributed by atoms with Crippen LogP contribution in [0.4, 0.5) is 0 Å². The highest BCUT2D eigenvalue weighted by Crippen LogP contribution is 2.27. The first-order valence-electron chi connectivity index (χ1n) is 4.27. The Morgan fingerprint density at radius 1 is 1.73 bits per heavy atom. The van der Waals surface area contributed by atoms with Crippen molar-refractivity contribution < 1.29 is 5.11 Å². The highest BCUT2D eigenvalue weighted by Gasteiger charge is 2.26. The van der Waals surface area contributed by atoms with Crippen LogP contribution < -0.4 is 5.73 Å². The van der Waals surface area contributed by atoms with E-state index in [0.29, 0.717) is 5.92 Å². The van der Waals surface area contributed by atoms with Gasteiger partial charge in [-0.2, -0.15) is 11.8 Å². The molecule has 0 bridgehead atoms. The van der Waals surface area contributed by atoms with E-state index in [4.69, 9.17) is 5.73 Å². The van der Waals surface area contributed by atoms with Crippen LogP contribution in [0.1, 0.15) is 19.8 Å². The van der Waals surface area contributed by atoms with Crippen LogP contribution in [0.2, 0.25) is 0 Å². The summed E-state index contributed by atoms with van der Waals surface area (Å²) in [4.78, 5) is 0. The summed E-state index contributed by atoms with van der Waals surface area (Å²) < 4.78 is 0. The van der Waals surface area contributed by atoms with Crippen LogP contribution in [0.15, 0.2) is 0 Å². The first-order valence-corrected chi connectivity index (χ1v) is 5.42. The normalized spacial score (nSPS) is 30.3. The van der Waals surface area contributed by atoms with Crippen LogP contribution in [0, 0.1) is 5.92 Å². The van der Waals surface area contributed by atoms with E-state index < -0.39 is 0 Å². The second kappa shape index (κ2) is 4.33. The number of nitrogens with two attached hydrogens (primary N) is 1. The molecule has 0 aliphatic carbocycles. The van der Waals surface area contributed by atoms with Crippen molar-refractivity contribution in [1.29, 1.82) is 0 Å². The van der Waals surface area contributed by atoms with Crippen LogP contribution in [0.5, 0.6) is 0 Å². The van der Waals surface area contributed by atoms with E-state index >= 15 is 0 Å². The molecule has 66 valence electrons. The van der Waals surface area contributed by atoms with Crippen molar-refractivity contribution >= 4 is 11.8 Å². The first-order chi connectivity index (χ1) is 5.25. The van der Waals surface area contributed by atoms with Gasteiger partial charge in [0.15, 0.2) is 0 Å². The van der Waals surface area contributed by atoms with Gasteiger partial charge in [0.25, 0.3) is 0 Å². The maximum absolute atomic E-state index is 9.68. The van der Waals surface area contributed by atoms with Crippen molar-refractivity contribution in [1.82, 2.24) is 0 Å². The summed E-state index contributed by atoms with van der Waals surface area (Å²) in [6, 6.07) is -0.0151. The molecule has 0 radical (unpaired) electrons. The van der Waals surface area contributed by atoms with Gasteiger partial charge in [0.1, 0.15) is 0 Å². The minimum atomic E-state index is -0.269. The van der Waals surface area contributed by atoms with Gasteiger partial charge in [-0.1, -0.05) is 6.92 Å². The summed E-state index contributed by atoms with van der Waals surface area (Å²) in [6.45, 7) is 2.02. The summed E-state index contributed by atoms with van der Waals surface area (Å²) in [5, 5.41) is 9.68. The third-order valence-corrected chi connectivity index (χ3v) is 3.55. The third-order valence-electron chi connectivity index (χ3n) is 2.36. The summed E-state index contributed by atoms with van der Waals surface area (Å²) in [5.41, 5.74) is 5.74. The van der Waals surface area contributed by atoms with Gasteiger partial charge in [-0.3, -0.25) is 0 Å². The Balaban J connectivity index is 2.32. The lowest BCUT2D eigenvalue weighted by molar-refractivity contribution is 0.0917. The highest BCUT2D eigenvalue weighted by atomic mass is 32.2. The predicted molar refractivity (Wildman–Crippen MR) is 49.7 cm³/mol. The summed E-state index contributed by atoms with van der Waals surface area (Å²) in [7, 11) is 0. The van der Waals surface area contributed by atoms with Crippen molar-refractivity contribution in [3.63, 3.8) is 0 Å². The quantitative estimate of drug-likeness (QED) is 0.668. The van der Waals surface area contributed by atoms with Crippen molar-refractivity contribution in [2.45, 2.75) is 31.9 Å². The third kappa shape index (κ3) is 2.36. The minimum absolute atomic E-state index is 0.0151. The van der Waals surface area contributed by atoms with E-state index in [1.54, 1.807) is 0 Å². The molecule has 0 amide bonds. The minimum Gasteiger partial charge on any atom is -0.391 e. The zero-order chi connectivity index (χ0) is 8.27. The molecule has 11 heavy (non-hydrogen) atoms. The maximum Gasteiger partial charge on any atom is 0.0727 e. The largest absolute Gasteiger partial charge is 0.391 e. The fraction of sp³-hybridized carbons (Fsp3) is 1.00. The Morgan fingerprint density at radius 2 is 2.45 bits per heavy atom. The van der Waals surface area contributed by atoms with Crippen LogP contribution >= 0.6 is 11.8 Å². The van der Waals surface area contributed by atoms with Crippen molar-refractivity contribution in [2.24, 2.45) is 11.7 Å². The van der Waals surface area contributed by atoms with Gasteiger partial charge in [-0.15, -0.1) is 0 Å². The number of thioether (sulfide) groups is 1. The smallest absolute Gasteiger partial charge is 0.0727 e. The molecule has 0 saturated carbocycles. The number of aliphatic hydroxyl groups excluding tert-OH is 1. The molecule has 3 N–H and O–H groups in total. The lowest BCUT2D eigenvalue weighted by Gasteiger charge is -2.22. The summed E-state index contributed by atoms with van der Waals surface area (Å²) >= 11 is 1.92. The molecule has 1 rings (SSSR count). The SMILES string of the molecule is CCC(N)C(O)C1CCSC1. The topological polar surface area (TPSA) is 46.2 Å². The molecule has 0 aromatic carbocycles. The van der Waals surface area contributed by atoms with Crippen LogP contribution in [0.3, 0.4) is 0 Å². The number of hydrogen-bond donors (Lipinski definition) is 2. The second-order valence-corrected chi connectivity index (χ2v) is 4.34. The summed E-state index contributed by atoms with van der Waals surface area (Å²) in [5.74, 6) is 2.74. The van der Waals surface area contributed by atoms with Crippen molar-refractivity contribution in [3.8, 4) is 0 Å². The molecule has 1 saturated heterocycles. The molecule has 0 aromatic rings. The molecule has 0 aromatic heterocycles. The standard InChI is InChI=1S/C8H17NOS/c1-2-7(9)8(10)6-3-4-11-5-6/h6-8,10H,2-5,9H2,1H3. The van der Waals surface area contributed by atoms with E-state index in [-0.39, 0.29) is 12.1 Å². The molecule has 3 atom stereocenters. The molecular weight excluding hydrogens is 158 g/mol. The average molecular weight is 175 g/mol. The zero-order valence-electron chi connectivity index (χ0n) is 6.99. The Labute approximate surface area is 72.5 Å². The van der Waals surface area contributed by atoms with E-state index in [1.165, 1.54) is 5.75 Å². The Hall–Kier alpha value is 0.270. The average Bonchev–Trinajstić information content (AvgIpc) is 2.53. The lowest BCUT2D eigenvalue weighted by Crippen LogP contribution is -2.39. The summed E-state index contributed by atoms with van der Waals surface area (Å²) in [6.07, 6.45) is 1.75. The van der Waals surface area contributed by atoms with E-state index in [9.17, 15) is 5.11 Å². The molecule has 0 spiro atoms. The highest BCUT2D eigenvalue weighted by molar-refractivity contribution is 7.99. The monoisotopic (exact) mass is 175 g/mol. The fourth-order valence-electron chi connectivity index (χ4n) is 1.41. The number of hydrogen-bond acceptors (Lipinski definition) is 3. The Morgan fingerprint density at radius 3 is 2.91 bits per heavy atom. The molecule has 3 heteroatoms. The molecular formula is C8H17NOS. The van der Waals surface area contributed by atoms with Crippen molar-refractivity contribution in [2.75, 3.05) is 11.5 Å². The predicted octanol–water partition coefficient (Wildman–Crippen LogP) is 0.838. The van der Waals surface area contributed by atoms with Gasteiger partial charge in [0.2, 0.25) is 0 Å². The molecule has 2 nitrogen and oxygen atoms in total. The Bertz CT molecular complexity index is 115. The van der Waals surface area contributed by atoms with Gasteiger partial charge < -0.3 is 10.8 Å². The van der Waals surface area contributed by atoms with Gasteiger partial charge in [-0.25, -0.2) is 0 Å². The van der Waals surface area contributed by atoms with Crippen LogP contribution in [0.25, 0.3) is 0 Å². The second-order valence-electron chi connectivity index (χ2n) is 3.19. The van der Waals surface area contributed by atoms with E-state index in [1.807, 2.05) is 18.7 Å².